The third-order valence-electron chi connectivity index (χ3n) is 3.06. The van der Waals surface area contributed by atoms with Crippen molar-refractivity contribution in [2.75, 3.05) is 6.61 Å². The Hall–Kier alpha value is -1.41. The minimum atomic E-state index is -0.397. The van der Waals surface area contributed by atoms with Crippen LogP contribution in [0.15, 0.2) is 30.4 Å². The first-order chi connectivity index (χ1) is 8.41. The molecule has 0 aliphatic heterocycles. The Labute approximate surface area is 110 Å². The van der Waals surface area contributed by atoms with Crippen LogP contribution in [-0.2, 0) is 4.74 Å². The molecule has 2 heteroatoms. The van der Waals surface area contributed by atoms with Crippen molar-refractivity contribution in [2.24, 2.45) is 0 Å². The van der Waals surface area contributed by atoms with Crippen LogP contribution in [0, 0.1) is 13.8 Å². The second kappa shape index (κ2) is 6.50. The van der Waals surface area contributed by atoms with E-state index in [0.717, 1.165) is 23.1 Å². The lowest BCUT2D eigenvalue weighted by molar-refractivity contribution is 0.0487. The van der Waals surface area contributed by atoms with Gasteiger partial charge in [-0.2, -0.15) is 0 Å². The van der Waals surface area contributed by atoms with Crippen LogP contribution < -0.4 is 0 Å². The molecule has 0 bridgehead atoms. The van der Waals surface area contributed by atoms with E-state index in [2.05, 4.69) is 6.58 Å². The number of Topliss-reactive ketones (excluding diaryl/α,β-unsaturated/α-hetero) is 1. The van der Waals surface area contributed by atoms with E-state index < -0.39 is 6.10 Å². The molecule has 0 spiro atoms. The molecule has 0 amide bonds. The van der Waals surface area contributed by atoms with Gasteiger partial charge in [-0.05, 0) is 51.3 Å². The van der Waals surface area contributed by atoms with E-state index in [1.54, 1.807) is 6.92 Å². The summed E-state index contributed by atoms with van der Waals surface area (Å²) in [5.41, 5.74) is 4.12. The smallest absolute Gasteiger partial charge is 0.191 e. The van der Waals surface area contributed by atoms with Crippen molar-refractivity contribution < 1.29 is 9.53 Å². The molecule has 98 valence electrons. The first-order valence-corrected chi connectivity index (χ1v) is 6.29. The van der Waals surface area contributed by atoms with Crippen LogP contribution in [0.2, 0.25) is 0 Å². The van der Waals surface area contributed by atoms with Crippen LogP contribution in [-0.4, -0.2) is 18.5 Å². The van der Waals surface area contributed by atoms with Crippen molar-refractivity contribution in [3.8, 4) is 0 Å². The highest BCUT2D eigenvalue weighted by Crippen LogP contribution is 2.13. The van der Waals surface area contributed by atoms with Crippen molar-refractivity contribution in [1.82, 2.24) is 0 Å². The van der Waals surface area contributed by atoms with Gasteiger partial charge in [0.15, 0.2) is 5.78 Å². The van der Waals surface area contributed by atoms with Crippen molar-refractivity contribution >= 4 is 5.78 Å². The van der Waals surface area contributed by atoms with E-state index in [-0.39, 0.29) is 5.78 Å². The largest absolute Gasteiger partial charge is 0.370 e. The summed E-state index contributed by atoms with van der Waals surface area (Å²) in [6.07, 6.45) is 0.399. The van der Waals surface area contributed by atoms with Gasteiger partial charge in [-0.15, -0.1) is 6.58 Å². The predicted molar refractivity (Wildman–Crippen MR) is 75.1 cm³/mol. The van der Waals surface area contributed by atoms with Gasteiger partial charge in [-0.1, -0.05) is 17.7 Å². The zero-order valence-electron chi connectivity index (χ0n) is 11.7. The van der Waals surface area contributed by atoms with Crippen LogP contribution in [0.3, 0.4) is 0 Å². The second-order valence-electron chi connectivity index (χ2n) is 4.88. The van der Waals surface area contributed by atoms with Gasteiger partial charge in [0.1, 0.15) is 6.10 Å². The molecule has 18 heavy (non-hydrogen) atoms. The minimum Gasteiger partial charge on any atom is -0.370 e. The summed E-state index contributed by atoms with van der Waals surface area (Å²) in [6.45, 7) is 12.2. The monoisotopic (exact) mass is 246 g/mol. The minimum absolute atomic E-state index is 0.0415. The molecule has 1 atom stereocenters. The highest BCUT2D eigenvalue weighted by atomic mass is 16.5. The molecule has 0 saturated carbocycles. The van der Waals surface area contributed by atoms with Crippen LogP contribution in [0.5, 0.6) is 0 Å². The topological polar surface area (TPSA) is 26.3 Å². The summed E-state index contributed by atoms with van der Waals surface area (Å²) < 4.78 is 5.53. The van der Waals surface area contributed by atoms with Crippen molar-refractivity contribution in [1.29, 1.82) is 0 Å². The molecular weight excluding hydrogens is 224 g/mol. The lowest BCUT2D eigenvalue weighted by Crippen LogP contribution is -2.21. The molecule has 0 radical (unpaired) electrons. The van der Waals surface area contributed by atoms with E-state index in [9.17, 15) is 4.79 Å². The number of ketones is 1. The fourth-order valence-electron chi connectivity index (χ4n) is 1.62. The summed E-state index contributed by atoms with van der Waals surface area (Å²) >= 11 is 0. The van der Waals surface area contributed by atoms with Crippen molar-refractivity contribution in [2.45, 2.75) is 40.2 Å². The van der Waals surface area contributed by atoms with Crippen LogP contribution in [0.4, 0.5) is 0 Å². The van der Waals surface area contributed by atoms with E-state index in [1.165, 1.54) is 5.56 Å². The normalized spacial score (nSPS) is 12.2. The first-order valence-electron chi connectivity index (χ1n) is 6.29. The summed E-state index contributed by atoms with van der Waals surface area (Å²) in [4.78, 5) is 12.1. The summed E-state index contributed by atoms with van der Waals surface area (Å²) in [6, 6.07) is 5.77. The van der Waals surface area contributed by atoms with Gasteiger partial charge in [0, 0.05) is 5.56 Å². The molecule has 0 aliphatic carbocycles. The average Bonchev–Trinajstić information content (AvgIpc) is 2.31. The van der Waals surface area contributed by atoms with Gasteiger partial charge in [0.25, 0.3) is 0 Å². The van der Waals surface area contributed by atoms with Crippen LogP contribution in [0.1, 0.15) is 41.8 Å². The molecule has 0 heterocycles. The maximum Gasteiger partial charge on any atom is 0.191 e. The zero-order valence-corrected chi connectivity index (χ0v) is 11.7. The van der Waals surface area contributed by atoms with E-state index in [0.29, 0.717) is 6.61 Å². The van der Waals surface area contributed by atoms with Gasteiger partial charge in [-0.25, -0.2) is 0 Å². The van der Waals surface area contributed by atoms with E-state index in [4.69, 9.17) is 4.74 Å². The van der Waals surface area contributed by atoms with Crippen molar-refractivity contribution in [3.63, 3.8) is 0 Å². The SMILES string of the molecule is C=C(C)CCOC(C)C(=O)c1ccc(C)c(C)c1. The number of benzene rings is 1. The van der Waals surface area contributed by atoms with E-state index >= 15 is 0 Å². The molecule has 0 N–H and O–H groups in total. The second-order valence-corrected chi connectivity index (χ2v) is 4.88. The fourth-order valence-corrected chi connectivity index (χ4v) is 1.62. The van der Waals surface area contributed by atoms with Gasteiger partial charge >= 0.3 is 0 Å². The molecular formula is C16H22O2. The lowest BCUT2D eigenvalue weighted by Gasteiger charge is -2.13. The maximum atomic E-state index is 12.1. The Balaban J connectivity index is 2.62. The maximum absolute atomic E-state index is 12.1. The molecule has 0 aliphatic rings. The number of carbonyl (C=O) groups is 1. The molecule has 0 fully saturated rings. The number of carbonyl (C=O) groups excluding carboxylic acids is 1. The number of hydrogen-bond donors (Lipinski definition) is 0. The molecule has 0 saturated heterocycles. The van der Waals surface area contributed by atoms with Crippen LogP contribution >= 0.6 is 0 Å². The summed E-state index contributed by atoms with van der Waals surface area (Å²) in [5.74, 6) is 0.0415. The standard InChI is InChI=1S/C16H22O2/c1-11(2)8-9-18-14(5)16(17)15-7-6-12(3)13(4)10-15/h6-7,10,14H,1,8-9H2,2-5H3. The Bertz CT molecular complexity index is 446. The predicted octanol–water partition coefficient (Wildman–Crippen LogP) is 3.86. The summed E-state index contributed by atoms with van der Waals surface area (Å²) in [5, 5.41) is 0. The van der Waals surface area contributed by atoms with Gasteiger partial charge < -0.3 is 4.74 Å². The Morgan fingerprint density at radius 3 is 2.56 bits per heavy atom. The van der Waals surface area contributed by atoms with Crippen molar-refractivity contribution in [3.05, 3.63) is 47.0 Å². The first kappa shape index (κ1) is 14.7. The molecule has 1 aromatic rings. The quantitative estimate of drug-likeness (QED) is 0.563. The fraction of sp³-hybridized carbons (Fsp3) is 0.438. The van der Waals surface area contributed by atoms with Gasteiger partial charge in [-0.3, -0.25) is 4.79 Å². The van der Waals surface area contributed by atoms with E-state index in [1.807, 2.05) is 39.0 Å². The average molecular weight is 246 g/mol. The van der Waals surface area contributed by atoms with Gasteiger partial charge in [0.2, 0.25) is 0 Å². The highest BCUT2D eigenvalue weighted by Gasteiger charge is 2.15. The lowest BCUT2D eigenvalue weighted by atomic mass is 10.0. The van der Waals surface area contributed by atoms with Gasteiger partial charge in [0.05, 0.1) is 6.61 Å². The summed E-state index contributed by atoms with van der Waals surface area (Å²) in [7, 11) is 0. The number of ether oxygens (including phenoxy) is 1. The molecule has 1 rings (SSSR count). The highest BCUT2D eigenvalue weighted by molar-refractivity contribution is 5.99. The number of hydrogen-bond acceptors (Lipinski definition) is 2. The van der Waals surface area contributed by atoms with Crippen LogP contribution in [0.25, 0.3) is 0 Å². The Morgan fingerprint density at radius 1 is 1.33 bits per heavy atom. The third kappa shape index (κ3) is 4.11. The molecule has 0 aromatic heterocycles. The molecule has 2 nitrogen and oxygen atoms in total. The number of rotatable bonds is 6. The Kier molecular flexibility index (Phi) is 5.29. The Morgan fingerprint density at radius 2 is 2.00 bits per heavy atom. The third-order valence-corrected chi connectivity index (χ3v) is 3.06. The molecule has 1 aromatic carbocycles. The molecule has 1 unspecified atom stereocenters. The zero-order chi connectivity index (χ0) is 13.7. The number of aryl methyl sites for hydroxylation is 2.